The molecule has 1 unspecified atom stereocenters. The molecule has 0 aliphatic rings. The SMILES string of the molecule is Fc1ccc(-c2noc(C(Cl)c3ccccc3)n2)cc1. The summed E-state index contributed by atoms with van der Waals surface area (Å²) in [6.07, 6.45) is 0. The van der Waals surface area contributed by atoms with E-state index in [0.29, 0.717) is 17.3 Å². The van der Waals surface area contributed by atoms with Crippen molar-refractivity contribution in [2.24, 2.45) is 0 Å². The first-order valence-corrected chi connectivity index (χ1v) is 6.46. The predicted octanol–water partition coefficient (Wildman–Crippen LogP) is 4.20. The van der Waals surface area contributed by atoms with Gasteiger partial charge in [-0.15, -0.1) is 11.6 Å². The van der Waals surface area contributed by atoms with Gasteiger partial charge in [0.25, 0.3) is 0 Å². The van der Waals surface area contributed by atoms with Crippen molar-refractivity contribution < 1.29 is 8.91 Å². The van der Waals surface area contributed by atoms with Crippen molar-refractivity contribution >= 4 is 11.6 Å². The third kappa shape index (κ3) is 2.56. The zero-order chi connectivity index (χ0) is 13.9. The van der Waals surface area contributed by atoms with E-state index in [9.17, 15) is 4.39 Å². The average molecular weight is 289 g/mol. The number of hydrogen-bond acceptors (Lipinski definition) is 3. The lowest BCUT2D eigenvalue weighted by atomic mass is 10.1. The molecule has 2 aromatic carbocycles. The maximum atomic E-state index is 12.9. The lowest BCUT2D eigenvalue weighted by Crippen LogP contribution is -1.93. The first kappa shape index (κ1) is 12.8. The molecule has 0 amide bonds. The molecule has 1 aromatic heterocycles. The highest BCUT2D eigenvalue weighted by Crippen LogP contribution is 2.28. The van der Waals surface area contributed by atoms with Crippen molar-refractivity contribution in [2.75, 3.05) is 0 Å². The minimum Gasteiger partial charge on any atom is -0.337 e. The van der Waals surface area contributed by atoms with Crippen LogP contribution in [0.15, 0.2) is 59.1 Å². The van der Waals surface area contributed by atoms with Crippen LogP contribution in [0.5, 0.6) is 0 Å². The minimum absolute atomic E-state index is 0.308. The Balaban J connectivity index is 1.89. The summed E-state index contributed by atoms with van der Waals surface area (Å²) in [4.78, 5) is 4.25. The van der Waals surface area contributed by atoms with Gasteiger partial charge in [0.05, 0.1) is 0 Å². The third-order valence-electron chi connectivity index (χ3n) is 2.85. The van der Waals surface area contributed by atoms with Gasteiger partial charge in [0.2, 0.25) is 11.7 Å². The number of alkyl halides is 1. The molecule has 5 heteroatoms. The van der Waals surface area contributed by atoms with E-state index in [1.54, 1.807) is 12.1 Å². The van der Waals surface area contributed by atoms with Crippen LogP contribution in [0.4, 0.5) is 4.39 Å². The maximum Gasteiger partial charge on any atom is 0.249 e. The molecule has 20 heavy (non-hydrogen) atoms. The van der Waals surface area contributed by atoms with Crippen molar-refractivity contribution in [1.82, 2.24) is 10.1 Å². The van der Waals surface area contributed by atoms with E-state index < -0.39 is 5.38 Å². The van der Waals surface area contributed by atoms with E-state index in [4.69, 9.17) is 16.1 Å². The Bertz CT molecular complexity index is 697. The molecule has 1 atom stereocenters. The topological polar surface area (TPSA) is 38.9 Å². The molecule has 0 bridgehead atoms. The van der Waals surface area contributed by atoms with E-state index in [1.807, 2.05) is 30.3 Å². The van der Waals surface area contributed by atoms with Crippen LogP contribution in [0, 0.1) is 5.82 Å². The van der Waals surface area contributed by atoms with E-state index in [1.165, 1.54) is 12.1 Å². The Morgan fingerprint density at radius 3 is 2.40 bits per heavy atom. The van der Waals surface area contributed by atoms with E-state index in [2.05, 4.69) is 10.1 Å². The van der Waals surface area contributed by atoms with Crippen molar-refractivity contribution in [2.45, 2.75) is 5.38 Å². The summed E-state index contributed by atoms with van der Waals surface area (Å²) < 4.78 is 18.1. The molecule has 0 N–H and O–H groups in total. The number of halogens is 2. The number of rotatable bonds is 3. The van der Waals surface area contributed by atoms with Crippen molar-refractivity contribution in [1.29, 1.82) is 0 Å². The van der Waals surface area contributed by atoms with Gasteiger partial charge in [0, 0.05) is 5.56 Å². The molecule has 0 saturated heterocycles. The summed E-state index contributed by atoms with van der Waals surface area (Å²) in [5, 5.41) is 3.37. The Morgan fingerprint density at radius 1 is 1.00 bits per heavy atom. The second-order valence-corrected chi connectivity index (χ2v) is 4.67. The van der Waals surface area contributed by atoms with Gasteiger partial charge >= 0.3 is 0 Å². The number of aromatic nitrogens is 2. The standard InChI is InChI=1S/C15H10ClFN2O/c16-13(10-4-2-1-3-5-10)15-18-14(19-20-15)11-6-8-12(17)9-7-11/h1-9,13H. The summed E-state index contributed by atoms with van der Waals surface area (Å²) in [7, 11) is 0. The second-order valence-electron chi connectivity index (χ2n) is 4.24. The quantitative estimate of drug-likeness (QED) is 0.678. The molecular weight excluding hydrogens is 279 g/mol. The Hall–Kier alpha value is -2.20. The monoisotopic (exact) mass is 288 g/mol. The van der Waals surface area contributed by atoms with Gasteiger partial charge in [0.15, 0.2) is 0 Å². The Morgan fingerprint density at radius 2 is 1.70 bits per heavy atom. The highest BCUT2D eigenvalue weighted by Gasteiger charge is 2.18. The summed E-state index contributed by atoms with van der Waals surface area (Å²) in [5.41, 5.74) is 1.56. The molecule has 0 spiro atoms. The molecule has 0 radical (unpaired) electrons. The van der Waals surface area contributed by atoms with Crippen LogP contribution in [-0.2, 0) is 0 Å². The first-order valence-electron chi connectivity index (χ1n) is 6.02. The molecule has 3 rings (SSSR count). The normalized spacial score (nSPS) is 12.3. The lowest BCUT2D eigenvalue weighted by molar-refractivity contribution is 0.383. The van der Waals surface area contributed by atoms with Gasteiger partial charge < -0.3 is 4.52 Å². The van der Waals surface area contributed by atoms with E-state index in [-0.39, 0.29) is 5.82 Å². The number of nitrogens with zero attached hydrogens (tertiary/aromatic N) is 2. The third-order valence-corrected chi connectivity index (χ3v) is 3.29. The highest BCUT2D eigenvalue weighted by atomic mass is 35.5. The molecular formula is C15H10ClFN2O. The molecule has 3 nitrogen and oxygen atoms in total. The molecule has 3 aromatic rings. The van der Waals surface area contributed by atoms with Gasteiger partial charge in [-0.2, -0.15) is 4.98 Å². The smallest absolute Gasteiger partial charge is 0.249 e. The second kappa shape index (κ2) is 5.43. The van der Waals surface area contributed by atoms with Crippen LogP contribution in [0.1, 0.15) is 16.8 Å². The Labute approximate surface area is 120 Å². The average Bonchev–Trinajstić information content (AvgIpc) is 2.98. The summed E-state index contributed by atoms with van der Waals surface area (Å²) in [5.74, 6) is 0.399. The fourth-order valence-corrected chi connectivity index (χ4v) is 2.05. The van der Waals surface area contributed by atoms with Crippen LogP contribution in [-0.4, -0.2) is 10.1 Å². The van der Waals surface area contributed by atoms with Gasteiger partial charge in [-0.05, 0) is 29.8 Å². The van der Waals surface area contributed by atoms with Crippen molar-refractivity contribution in [3.63, 3.8) is 0 Å². The summed E-state index contributed by atoms with van der Waals surface area (Å²) in [6, 6.07) is 15.3. The molecule has 1 heterocycles. The maximum absolute atomic E-state index is 12.9. The summed E-state index contributed by atoms with van der Waals surface area (Å²) in [6.45, 7) is 0. The van der Waals surface area contributed by atoms with Crippen LogP contribution >= 0.6 is 11.6 Å². The van der Waals surface area contributed by atoms with Crippen molar-refractivity contribution in [3.8, 4) is 11.4 Å². The fourth-order valence-electron chi connectivity index (χ4n) is 1.82. The van der Waals surface area contributed by atoms with Crippen LogP contribution in [0.25, 0.3) is 11.4 Å². The van der Waals surface area contributed by atoms with E-state index >= 15 is 0 Å². The largest absolute Gasteiger partial charge is 0.337 e. The molecule has 0 aliphatic carbocycles. The lowest BCUT2D eigenvalue weighted by Gasteiger charge is -2.03. The zero-order valence-electron chi connectivity index (χ0n) is 10.3. The van der Waals surface area contributed by atoms with Crippen molar-refractivity contribution in [3.05, 3.63) is 71.9 Å². The predicted molar refractivity (Wildman–Crippen MR) is 73.8 cm³/mol. The fraction of sp³-hybridized carbons (Fsp3) is 0.0667. The van der Waals surface area contributed by atoms with Gasteiger partial charge in [-0.25, -0.2) is 4.39 Å². The molecule has 0 fully saturated rings. The van der Waals surface area contributed by atoms with E-state index in [0.717, 1.165) is 5.56 Å². The molecule has 0 aliphatic heterocycles. The highest BCUT2D eigenvalue weighted by molar-refractivity contribution is 6.22. The Kier molecular flexibility index (Phi) is 3.48. The van der Waals surface area contributed by atoms with Crippen LogP contribution in [0.2, 0.25) is 0 Å². The van der Waals surface area contributed by atoms with Gasteiger partial charge in [0.1, 0.15) is 11.2 Å². The number of hydrogen-bond donors (Lipinski definition) is 0. The molecule has 100 valence electrons. The van der Waals surface area contributed by atoms with Gasteiger partial charge in [-0.1, -0.05) is 35.5 Å². The zero-order valence-corrected chi connectivity index (χ0v) is 11.1. The summed E-state index contributed by atoms with van der Waals surface area (Å²) >= 11 is 6.30. The minimum atomic E-state index is -0.502. The number of benzene rings is 2. The first-order chi connectivity index (χ1) is 9.74. The van der Waals surface area contributed by atoms with Crippen LogP contribution < -0.4 is 0 Å². The van der Waals surface area contributed by atoms with Crippen LogP contribution in [0.3, 0.4) is 0 Å². The molecule has 0 saturated carbocycles. The van der Waals surface area contributed by atoms with Gasteiger partial charge in [-0.3, -0.25) is 0 Å².